The second-order valence-corrected chi connectivity index (χ2v) is 7.54. The van der Waals surface area contributed by atoms with Gasteiger partial charge in [-0.05, 0) is 29.5 Å². The summed E-state index contributed by atoms with van der Waals surface area (Å²) in [6.45, 7) is 2.17. The van der Waals surface area contributed by atoms with Crippen molar-refractivity contribution in [3.63, 3.8) is 0 Å². The highest BCUT2D eigenvalue weighted by atomic mass is 32.1. The molecule has 138 valence electrons. The van der Waals surface area contributed by atoms with Gasteiger partial charge in [-0.2, -0.15) is 0 Å². The second-order valence-electron chi connectivity index (χ2n) is 6.59. The number of oxazole rings is 1. The maximum Gasteiger partial charge on any atom is 0.240 e. The average Bonchev–Trinajstić information content (AvgIpc) is 3.31. The van der Waals surface area contributed by atoms with Gasteiger partial charge in [-0.25, -0.2) is 4.98 Å². The Bertz CT molecular complexity index is 994. The van der Waals surface area contributed by atoms with Crippen LogP contribution in [0, 0.1) is 6.92 Å². The summed E-state index contributed by atoms with van der Waals surface area (Å²) >= 11 is 1.53. The molecule has 7 heteroatoms. The van der Waals surface area contributed by atoms with Crippen molar-refractivity contribution in [2.75, 3.05) is 0 Å². The first-order valence-corrected chi connectivity index (χ1v) is 9.56. The fourth-order valence-electron chi connectivity index (χ4n) is 3.38. The number of amides is 2. The van der Waals surface area contributed by atoms with E-state index in [1.165, 1.54) is 11.3 Å². The van der Waals surface area contributed by atoms with E-state index in [9.17, 15) is 9.59 Å². The Hall–Kier alpha value is -2.93. The van der Waals surface area contributed by atoms with Crippen LogP contribution in [0.1, 0.15) is 22.6 Å². The molecule has 1 aliphatic rings. The number of thiophene rings is 1. The normalized spacial score (nSPS) is 16.2. The Morgan fingerprint density at radius 2 is 2.04 bits per heavy atom. The number of hydrogen-bond acceptors (Lipinski definition) is 5. The largest absolute Gasteiger partial charge is 0.440 e. The number of carbonyl (C=O) groups excluding carboxylic acids is 2. The van der Waals surface area contributed by atoms with Gasteiger partial charge in [-0.1, -0.05) is 30.3 Å². The SMILES string of the molecule is Cc1oc(-c2cccs2)nc1CC(=O)N1Cc2ccccc2CC1C(N)=O. The third-order valence-corrected chi connectivity index (χ3v) is 5.70. The zero-order valence-corrected chi connectivity index (χ0v) is 15.7. The van der Waals surface area contributed by atoms with Gasteiger partial charge in [-0.15, -0.1) is 11.3 Å². The highest BCUT2D eigenvalue weighted by Gasteiger charge is 2.33. The molecule has 1 unspecified atom stereocenters. The molecule has 2 N–H and O–H groups in total. The lowest BCUT2D eigenvalue weighted by atomic mass is 9.93. The van der Waals surface area contributed by atoms with Crippen LogP contribution in [-0.4, -0.2) is 27.7 Å². The summed E-state index contributed by atoms with van der Waals surface area (Å²) < 4.78 is 5.71. The fraction of sp³-hybridized carbons (Fsp3) is 0.250. The van der Waals surface area contributed by atoms with Gasteiger partial charge < -0.3 is 15.1 Å². The number of hydrogen-bond donors (Lipinski definition) is 1. The van der Waals surface area contributed by atoms with E-state index >= 15 is 0 Å². The lowest BCUT2D eigenvalue weighted by Crippen LogP contribution is -2.51. The highest BCUT2D eigenvalue weighted by molar-refractivity contribution is 7.13. The summed E-state index contributed by atoms with van der Waals surface area (Å²) in [6.07, 6.45) is 0.516. The number of carbonyl (C=O) groups is 2. The minimum atomic E-state index is -0.642. The van der Waals surface area contributed by atoms with E-state index in [2.05, 4.69) is 4.98 Å². The lowest BCUT2D eigenvalue weighted by Gasteiger charge is -2.35. The topological polar surface area (TPSA) is 89.4 Å². The van der Waals surface area contributed by atoms with Crippen molar-refractivity contribution in [2.45, 2.75) is 32.4 Å². The molecule has 2 aromatic heterocycles. The maximum atomic E-state index is 13.0. The maximum absolute atomic E-state index is 13.0. The van der Waals surface area contributed by atoms with Gasteiger partial charge in [0.05, 0.1) is 17.0 Å². The average molecular weight is 381 g/mol. The monoisotopic (exact) mass is 381 g/mol. The van der Waals surface area contributed by atoms with E-state index in [4.69, 9.17) is 10.2 Å². The number of rotatable bonds is 4. The van der Waals surface area contributed by atoms with Gasteiger partial charge in [0.25, 0.3) is 0 Å². The molecule has 0 saturated heterocycles. The van der Waals surface area contributed by atoms with E-state index in [-0.39, 0.29) is 12.3 Å². The molecular weight excluding hydrogens is 362 g/mol. The molecule has 2 amide bonds. The summed E-state index contributed by atoms with van der Waals surface area (Å²) in [5.41, 5.74) is 8.27. The number of primary amides is 1. The van der Waals surface area contributed by atoms with Gasteiger partial charge in [0.1, 0.15) is 11.8 Å². The van der Waals surface area contributed by atoms with E-state index in [0.29, 0.717) is 30.3 Å². The van der Waals surface area contributed by atoms with Crippen LogP contribution >= 0.6 is 11.3 Å². The third kappa shape index (κ3) is 3.38. The number of benzene rings is 1. The Balaban J connectivity index is 1.58. The molecule has 0 fully saturated rings. The van der Waals surface area contributed by atoms with Crippen LogP contribution < -0.4 is 5.73 Å². The summed E-state index contributed by atoms with van der Waals surface area (Å²) in [4.78, 5) is 31.9. The number of aryl methyl sites for hydroxylation is 1. The standard InChI is InChI=1S/C20H19N3O3S/c1-12-15(22-20(26-12)17-7-4-8-27-17)10-18(24)23-11-14-6-3-2-5-13(14)9-16(23)19(21)25/h2-8,16H,9-11H2,1H3,(H2,21,25). The predicted octanol–water partition coefficient (Wildman–Crippen LogP) is 2.69. The van der Waals surface area contributed by atoms with Gasteiger partial charge in [0, 0.05) is 13.0 Å². The van der Waals surface area contributed by atoms with Crippen LogP contribution in [0.3, 0.4) is 0 Å². The van der Waals surface area contributed by atoms with E-state index < -0.39 is 11.9 Å². The quantitative estimate of drug-likeness (QED) is 0.752. The minimum Gasteiger partial charge on any atom is -0.440 e. The first-order valence-electron chi connectivity index (χ1n) is 8.68. The van der Waals surface area contributed by atoms with Gasteiger partial charge >= 0.3 is 0 Å². The van der Waals surface area contributed by atoms with Crippen LogP contribution in [0.25, 0.3) is 10.8 Å². The smallest absolute Gasteiger partial charge is 0.240 e. The van der Waals surface area contributed by atoms with Crippen molar-refractivity contribution in [3.05, 3.63) is 64.4 Å². The summed E-state index contributed by atoms with van der Waals surface area (Å²) in [5, 5.41) is 1.95. The summed E-state index contributed by atoms with van der Waals surface area (Å²) in [5.74, 6) is 0.456. The second kappa shape index (κ2) is 7.00. The van der Waals surface area contributed by atoms with Crippen molar-refractivity contribution in [3.8, 4) is 10.8 Å². The molecule has 3 aromatic rings. The van der Waals surface area contributed by atoms with Crippen molar-refractivity contribution in [1.82, 2.24) is 9.88 Å². The Kier molecular flexibility index (Phi) is 4.53. The number of nitrogens with zero attached hydrogens (tertiary/aromatic N) is 2. The Morgan fingerprint density at radius 3 is 2.74 bits per heavy atom. The molecule has 1 atom stereocenters. The van der Waals surface area contributed by atoms with Crippen LogP contribution in [0.5, 0.6) is 0 Å². The lowest BCUT2D eigenvalue weighted by molar-refractivity contribution is -0.140. The molecular formula is C20H19N3O3S. The molecule has 3 heterocycles. The molecule has 6 nitrogen and oxygen atoms in total. The minimum absolute atomic E-state index is 0.0760. The van der Waals surface area contributed by atoms with Gasteiger partial charge in [-0.3, -0.25) is 9.59 Å². The predicted molar refractivity (Wildman–Crippen MR) is 102 cm³/mol. The van der Waals surface area contributed by atoms with E-state index in [0.717, 1.165) is 16.0 Å². The summed E-state index contributed by atoms with van der Waals surface area (Å²) in [6, 6.07) is 11.0. The van der Waals surface area contributed by atoms with Crippen molar-refractivity contribution in [2.24, 2.45) is 5.73 Å². The molecule has 0 spiro atoms. The molecule has 4 rings (SSSR count). The molecule has 27 heavy (non-hydrogen) atoms. The molecule has 0 radical (unpaired) electrons. The molecule has 0 saturated carbocycles. The van der Waals surface area contributed by atoms with Crippen molar-refractivity contribution < 1.29 is 14.0 Å². The van der Waals surface area contributed by atoms with E-state index in [1.54, 1.807) is 11.8 Å². The van der Waals surface area contributed by atoms with Crippen molar-refractivity contribution in [1.29, 1.82) is 0 Å². The van der Waals surface area contributed by atoms with Gasteiger partial charge in [0.2, 0.25) is 17.7 Å². The Morgan fingerprint density at radius 1 is 1.26 bits per heavy atom. The van der Waals surface area contributed by atoms with Crippen LogP contribution in [0.2, 0.25) is 0 Å². The molecule has 0 bridgehead atoms. The van der Waals surface area contributed by atoms with Crippen LogP contribution in [-0.2, 0) is 29.0 Å². The van der Waals surface area contributed by atoms with E-state index in [1.807, 2.05) is 41.8 Å². The van der Waals surface area contributed by atoms with Crippen LogP contribution in [0.4, 0.5) is 0 Å². The van der Waals surface area contributed by atoms with Gasteiger partial charge in [0.15, 0.2) is 0 Å². The fourth-order valence-corrected chi connectivity index (χ4v) is 4.03. The number of aromatic nitrogens is 1. The molecule has 1 aromatic carbocycles. The Labute approximate surface area is 160 Å². The number of fused-ring (bicyclic) bond motifs is 1. The van der Waals surface area contributed by atoms with Crippen molar-refractivity contribution >= 4 is 23.2 Å². The highest BCUT2D eigenvalue weighted by Crippen LogP contribution is 2.28. The molecule has 0 aliphatic carbocycles. The first kappa shape index (κ1) is 17.5. The summed E-state index contributed by atoms with van der Waals surface area (Å²) in [7, 11) is 0. The number of nitrogens with two attached hydrogens (primary N) is 1. The first-order chi connectivity index (χ1) is 13.0. The third-order valence-electron chi connectivity index (χ3n) is 4.84. The zero-order chi connectivity index (χ0) is 19.0. The zero-order valence-electron chi connectivity index (χ0n) is 14.8. The van der Waals surface area contributed by atoms with Crippen LogP contribution in [0.15, 0.2) is 46.2 Å². The molecule has 1 aliphatic heterocycles.